The van der Waals surface area contributed by atoms with Crippen LogP contribution in [0.3, 0.4) is 0 Å². The first kappa shape index (κ1) is 14.7. The number of rotatable bonds is 2. The van der Waals surface area contributed by atoms with Gasteiger partial charge in [0.2, 0.25) is 0 Å². The molecule has 4 heterocycles. The van der Waals surface area contributed by atoms with Crippen molar-refractivity contribution in [2.45, 2.75) is 12.2 Å². The Hall–Kier alpha value is -2.57. The standard InChI is InChI=1S/C19H15N3O2S/c23-18(14-6-7-25-10-14)22-11-19(12-22)15-8-20-17(21-16(15)9-24-19)13-4-2-1-3-5-13/h1-8,10H,9,11-12H2. The van der Waals surface area contributed by atoms with E-state index in [1.165, 1.54) is 11.3 Å². The van der Waals surface area contributed by atoms with Crippen LogP contribution >= 0.6 is 11.3 Å². The molecule has 0 saturated carbocycles. The summed E-state index contributed by atoms with van der Waals surface area (Å²) in [4.78, 5) is 23.5. The Morgan fingerprint density at radius 2 is 2.04 bits per heavy atom. The Morgan fingerprint density at radius 1 is 1.20 bits per heavy atom. The van der Waals surface area contributed by atoms with E-state index in [0.29, 0.717) is 25.5 Å². The zero-order valence-electron chi connectivity index (χ0n) is 13.4. The van der Waals surface area contributed by atoms with Crippen molar-refractivity contribution in [3.63, 3.8) is 0 Å². The molecular weight excluding hydrogens is 334 g/mol. The molecule has 6 heteroatoms. The number of carbonyl (C=O) groups is 1. The highest BCUT2D eigenvalue weighted by molar-refractivity contribution is 7.08. The monoisotopic (exact) mass is 349 g/mol. The minimum absolute atomic E-state index is 0.0609. The number of carbonyl (C=O) groups excluding carboxylic acids is 1. The number of amides is 1. The molecule has 1 amide bonds. The number of hydrogen-bond acceptors (Lipinski definition) is 5. The molecule has 124 valence electrons. The van der Waals surface area contributed by atoms with Crippen LogP contribution in [-0.2, 0) is 16.9 Å². The van der Waals surface area contributed by atoms with Gasteiger partial charge in [0.1, 0.15) is 5.60 Å². The Bertz CT molecular complexity index is 935. The van der Waals surface area contributed by atoms with Gasteiger partial charge in [-0.05, 0) is 11.4 Å². The van der Waals surface area contributed by atoms with Gasteiger partial charge in [0.15, 0.2) is 5.82 Å². The summed E-state index contributed by atoms with van der Waals surface area (Å²) < 4.78 is 6.04. The van der Waals surface area contributed by atoms with Crippen molar-refractivity contribution in [3.8, 4) is 11.4 Å². The third-order valence-corrected chi connectivity index (χ3v) is 5.51. The second-order valence-electron chi connectivity index (χ2n) is 6.38. The maximum Gasteiger partial charge on any atom is 0.254 e. The van der Waals surface area contributed by atoms with E-state index in [1.54, 1.807) is 0 Å². The Labute approximate surface area is 148 Å². The van der Waals surface area contributed by atoms with Crippen LogP contribution in [0.2, 0.25) is 0 Å². The van der Waals surface area contributed by atoms with Crippen LogP contribution < -0.4 is 0 Å². The topological polar surface area (TPSA) is 55.3 Å². The van der Waals surface area contributed by atoms with Crippen LogP contribution in [0.15, 0.2) is 53.4 Å². The number of fused-ring (bicyclic) bond motifs is 2. The SMILES string of the molecule is O=C(c1ccsc1)N1CC2(C1)OCc1nc(-c3ccccc3)ncc12. The molecule has 3 aromatic rings. The first-order chi connectivity index (χ1) is 12.3. The highest BCUT2D eigenvalue weighted by Gasteiger charge is 2.52. The third kappa shape index (κ3) is 2.29. The van der Waals surface area contributed by atoms with Gasteiger partial charge < -0.3 is 9.64 Å². The molecular formula is C19H15N3O2S. The fraction of sp³-hybridized carbons (Fsp3) is 0.211. The summed E-state index contributed by atoms with van der Waals surface area (Å²) in [5.41, 5.74) is 3.25. The van der Waals surface area contributed by atoms with Crippen molar-refractivity contribution in [1.82, 2.24) is 14.9 Å². The van der Waals surface area contributed by atoms with Gasteiger partial charge in [0, 0.05) is 22.7 Å². The number of likely N-dealkylation sites (tertiary alicyclic amines) is 1. The molecule has 1 spiro atoms. The number of thiophene rings is 1. The molecule has 2 aromatic heterocycles. The van der Waals surface area contributed by atoms with Crippen molar-refractivity contribution in [2.24, 2.45) is 0 Å². The van der Waals surface area contributed by atoms with Gasteiger partial charge in [-0.15, -0.1) is 0 Å². The van der Waals surface area contributed by atoms with Crippen molar-refractivity contribution < 1.29 is 9.53 Å². The number of benzene rings is 1. The lowest BCUT2D eigenvalue weighted by Crippen LogP contribution is -2.61. The van der Waals surface area contributed by atoms with Crippen LogP contribution in [0.5, 0.6) is 0 Å². The van der Waals surface area contributed by atoms with E-state index in [9.17, 15) is 4.79 Å². The van der Waals surface area contributed by atoms with E-state index in [2.05, 4.69) is 9.97 Å². The second-order valence-corrected chi connectivity index (χ2v) is 7.16. The average molecular weight is 349 g/mol. The van der Waals surface area contributed by atoms with Crippen molar-refractivity contribution in [2.75, 3.05) is 13.1 Å². The fourth-order valence-electron chi connectivity index (χ4n) is 3.46. The first-order valence-electron chi connectivity index (χ1n) is 8.12. The maximum atomic E-state index is 12.4. The van der Waals surface area contributed by atoms with E-state index in [4.69, 9.17) is 4.74 Å². The Morgan fingerprint density at radius 3 is 2.80 bits per heavy atom. The summed E-state index contributed by atoms with van der Waals surface area (Å²) in [7, 11) is 0. The van der Waals surface area contributed by atoms with Crippen LogP contribution in [0, 0.1) is 0 Å². The average Bonchev–Trinajstić information content (AvgIpc) is 3.28. The van der Waals surface area contributed by atoms with Crippen LogP contribution in [0.1, 0.15) is 21.6 Å². The van der Waals surface area contributed by atoms with Crippen molar-refractivity contribution in [1.29, 1.82) is 0 Å². The maximum absolute atomic E-state index is 12.4. The Kier molecular flexibility index (Phi) is 3.23. The van der Waals surface area contributed by atoms with Gasteiger partial charge in [0.25, 0.3) is 5.91 Å². The zero-order valence-corrected chi connectivity index (χ0v) is 14.2. The smallest absolute Gasteiger partial charge is 0.254 e. The molecule has 1 saturated heterocycles. The third-order valence-electron chi connectivity index (χ3n) is 4.82. The van der Waals surface area contributed by atoms with Gasteiger partial charge in [0.05, 0.1) is 31.0 Å². The summed E-state index contributed by atoms with van der Waals surface area (Å²) in [6, 6.07) is 11.8. The van der Waals surface area contributed by atoms with Crippen LogP contribution in [0.25, 0.3) is 11.4 Å². The largest absolute Gasteiger partial charge is 0.360 e. The molecule has 0 atom stereocenters. The highest BCUT2D eigenvalue weighted by Crippen LogP contribution is 2.43. The number of hydrogen-bond donors (Lipinski definition) is 0. The molecule has 0 N–H and O–H groups in total. The minimum atomic E-state index is -0.434. The molecule has 0 unspecified atom stereocenters. The first-order valence-corrected chi connectivity index (χ1v) is 9.07. The van der Waals surface area contributed by atoms with E-state index in [-0.39, 0.29) is 5.91 Å². The molecule has 0 bridgehead atoms. The summed E-state index contributed by atoms with van der Waals surface area (Å²) in [5, 5.41) is 3.80. The van der Waals surface area contributed by atoms with E-state index < -0.39 is 5.60 Å². The fourth-order valence-corrected chi connectivity index (χ4v) is 4.09. The number of aromatic nitrogens is 2. The summed E-state index contributed by atoms with van der Waals surface area (Å²) in [5.74, 6) is 0.774. The van der Waals surface area contributed by atoms with Gasteiger partial charge in [-0.1, -0.05) is 30.3 Å². The molecule has 1 aromatic carbocycles. The predicted octanol–water partition coefficient (Wildman–Crippen LogP) is 3.09. The van der Waals surface area contributed by atoms with Crippen LogP contribution in [0.4, 0.5) is 0 Å². The molecule has 2 aliphatic rings. The molecule has 0 radical (unpaired) electrons. The quantitative estimate of drug-likeness (QED) is 0.713. The second kappa shape index (κ2) is 5.47. The van der Waals surface area contributed by atoms with E-state index in [1.807, 2.05) is 58.3 Å². The molecule has 5 rings (SSSR count). The van der Waals surface area contributed by atoms with E-state index in [0.717, 1.165) is 22.4 Å². The lowest BCUT2D eigenvalue weighted by Gasteiger charge is -2.47. The van der Waals surface area contributed by atoms with Crippen LogP contribution in [-0.4, -0.2) is 33.9 Å². The lowest BCUT2D eigenvalue weighted by molar-refractivity contribution is -0.126. The molecule has 0 aliphatic carbocycles. The van der Waals surface area contributed by atoms with Gasteiger partial charge in [-0.3, -0.25) is 4.79 Å². The lowest BCUT2D eigenvalue weighted by atomic mass is 9.87. The normalized spacial score (nSPS) is 17.4. The summed E-state index contributed by atoms with van der Waals surface area (Å²) in [6.45, 7) is 1.59. The Balaban J connectivity index is 1.39. The zero-order chi connectivity index (χ0) is 16.9. The molecule has 1 fully saturated rings. The number of nitrogens with zero attached hydrogens (tertiary/aromatic N) is 3. The molecule has 25 heavy (non-hydrogen) atoms. The molecule has 2 aliphatic heterocycles. The minimum Gasteiger partial charge on any atom is -0.360 e. The van der Waals surface area contributed by atoms with Crippen molar-refractivity contribution in [3.05, 3.63) is 70.2 Å². The number of ether oxygens (including phenoxy) is 1. The van der Waals surface area contributed by atoms with Gasteiger partial charge in [-0.25, -0.2) is 9.97 Å². The summed E-state index contributed by atoms with van der Waals surface area (Å²) >= 11 is 1.53. The van der Waals surface area contributed by atoms with Gasteiger partial charge >= 0.3 is 0 Å². The van der Waals surface area contributed by atoms with Crippen molar-refractivity contribution >= 4 is 17.2 Å². The summed E-state index contributed by atoms with van der Waals surface area (Å²) in [6.07, 6.45) is 1.87. The van der Waals surface area contributed by atoms with E-state index >= 15 is 0 Å². The molecule has 5 nitrogen and oxygen atoms in total. The van der Waals surface area contributed by atoms with Gasteiger partial charge in [-0.2, -0.15) is 11.3 Å². The highest BCUT2D eigenvalue weighted by atomic mass is 32.1. The predicted molar refractivity (Wildman–Crippen MR) is 94.2 cm³/mol.